The van der Waals surface area contributed by atoms with Crippen LogP contribution in [0.5, 0.6) is 0 Å². The van der Waals surface area contributed by atoms with Gasteiger partial charge in [-0.05, 0) is 37.1 Å². The number of rotatable bonds is 3. The molecule has 3 atom stereocenters. The summed E-state index contributed by atoms with van der Waals surface area (Å²) in [5.74, 6) is 0.841. The molecule has 0 amide bonds. The highest BCUT2D eigenvalue weighted by Crippen LogP contribution is 2.51. The Hall–Kier alpha value is -0.0800. The van der Waals surface area contributed by atoms with Crippen LogP contribution in [0.3, 0.4) is 0 Å². The van der Waals surface area contributed by atoms with E-state index in [2.05, 4.69) is 19.2 Å². The van der Waals surface area contributed by atoms with E-state index in [-0.39, 0.29) is 6.10 Å². The SMILES string of the molecule is CC1(C)CC1CNC1CCCCCC1O. The molecule has 2 saturated carbocycles. The van der Waals surface area contributed by atoms with Gasteiger partial charge in [-0.15, -0.1) is 0 Å². The van der Waals surface area contributed by atoms with Crippen LogP contribution in [-0.2, 0) is 0 Å². The molecule has 0 spiro atoms. The number of nitrogens with one attached hydrogen (secondary N) is 1. The minimum Gasteiger partial charge on any atom is -0.392 e. The number of aliphatic hydroxyl groups is 1. The van der Waals surface area contributed by atoms with Crippen LogP contribution in [0.4, 0.5) is 0 Å². The number of aliphatic hydroxyl groups excluding tert-OH is 1. The van der Waals surface area contributed by atoms with E-state index in [0.29, 0.717) is 11.5 Å². The van der Waals surface area contributed by atoms with Gasteiger partial charge in [0, 0.05) is 6.04 Å². The van der Waals surface area contributed by atoms with Crippen LogP contribution < -0.4 is 5.32 Å². The van der Waals surface area contributed by atoms with Crippen molar-refractivity contribution in [3.05, 3.63) is 0 Å². The molecule has 0 aromatic rings. The van der Waals surface area contributed by atoms with Crippen molar-refractivity contribution in [1.29, 1.82) is 0 Å². The topological polar surface area (TPSA) is 32.3 Å². The Morgan fingerprint density at radius 1 is 1.20 bits per heavy atom. The summed E-state index contributed by atoms with van der Waals surface area (Å²) in [5.41, 5.74) is 0.558. The van der Waals surface area contributed by atoms with Crippen LogP contribution >= 0.6 is 0 Å². The molecule has 0 aliphatic heterocycles. The third-order valence-corrected chi connectivity index (χ3v) is 4.32. The Bertz CT molecular complexity index is 215. The zero-order valence-electron chi connectivity index (χ0n) is 10.1. The molecule has 2 rings (SSSR count). The van der Waals surface area contributed by atoms with Gasteiger partial charge >= 0.3 is 0 Å². The van der Waals surface area contributed by atoms with E-state index in [1.807, 2.05) is 0 Å². The van der Waals surface area contributed by atoms with E-state index in [9.17, 15) is 5.11 Å². The summed E-state index contributed by atoms with van der Waals surface area (Å²) in [7, 11) is 0. The standard InChI is InChI=1S/C13H25NO/c1-13(2)8-10(13)9-14-11-6-4-3-5-7-12(11)15/h10-12,14-15H,3-9H2,1-2H3. The third kappa shape index (κ3) is 2.94. The predicted molar refractivity (Wildman–Crippen MR) is 62.8 cm³/mol. The molecule has 0 heterocycles. The fraction of sp³-hybridized carbons (Fsp3) is 1.00. The maximum absolute atomic E-state index is 9.95. The summed E-state index contributed by atoms with van der Waals surface area (Å²) in [6, 6.07) is 0.365. The smallest absolute Gasteiger partial charge is 0.0693 e. The van der Waals surface area contributed by atoms with E-state index in [1.165, 1.54) is 25.7 Å². The average molecular weight is 211 g/mol. The molecule has 2 nitrogen and oxygen atoms in total. The third-order valence-electron chi connectivity index (χ3n) is 4.32. The minimum atomic E-state index is -0.102. The van der Waals surface area contributed by atoms with Gasteiger partial charge in [-0.25, -0.2) is 0 Å². The Morgan fingerprint density at radius 3 is 2.53 bits per heavy atom. The second-order valence-electron chi connectivity index (χ2n) is 6.11. The van der Waals surface area contributed by atoms with Gasteiger partial charge in [-0.3, -0.25) is 0 Å². The van der Waals surface area contributed by atoms with E-state index >= 15 is 0 Å². The molecule has 2 fully saturated rings. The second-order valence-corrected chi connectivity index (χ2v) is 6.11. The molecule has 0 saturated heterocycles. The number of hydrogen-bond donors (Lipinski definition) is 2. The molecule has 0 radical (unpaired) electrons. The Balaban J connectivity index is 1.73. The normalized spacial score (nSPS) is 39.8. The Kier molecular flexibility index (Phi) is 3.36. The molecule has 15 heavy (non-hydrogen) atoms. The minimum absolute atomic E-state index is 0.102. The van der Waals surface area contributed by atoms with Crippen LogP contribution in [0.15, 0.2) is 0 Å². The quantitative estimate of drug-likeness (QED) is 0.702. The Morgan fingerprint density at radius 2 is 1.87 bits per heavy atom. The van der Waals surface area contributed by atoms with E-state index in [1.54, 1.807) is 0 Å². The summed E-state index contributed by atoms with van der Waals surface area (Å²) in [4.78, 5) is 0. The largest absolute Gasteiger partial charge is 0.392 e. The first-order valence-corrected chi connectivity index (χ1v) is 6.51. The summed E-state index contributed by atoms with van der Waals surface area (Å²) in [6.07, 6.45) is 7.18. The fourth-order valence-electron chi connectivity index (χ4n) is 2.74. The molecule has 0 aromatic carbocycles. The van der Waals surface area contributed by atoms with Crippen LogP contribution in [0.1, 0.15) is 52.4 Å². The van der Waals surface area contributed by atoms with Crippen molar-refractivity contribution in [2.45, 2.75) is 64.5 Å². The first-order valence-electron chi connectivity index (χ1n) is 6.51. The summed E-state index contributed by atoms with van der Waals surface area (Å²) in [6.45, 7) is 5.78. The van der Waals surface area contributed by atoms with Gasteiger partial charge in [0.2, 0.25) is 0 Å². The molecule has 2 aliphatic rings. The lowest BCUT2D eigenvalue weighted by atomic mass is 10.1. The van der Waals surface area contributed by atoms with Crippen molar-refractivity contribution in [3.8, 4) is 0 Å². The van der Waals surface area contributed by atoms with E-state index in [0.717, 1.165) is 25.3 Å². The molecular formula is C13H25NO. The van der Waals surface area contributed by atoms with Gasteiger partial charge in [0.05, 0.1) is 6.10 Å². The lowest BCUT2D eigenvalue weighted by molar-refractivity contribution is 0.119. The van der Waals surface area contributed by atoms with Crippen molar-refractivity contribution in [2.24, 2.45) is 11.3 Å². The van der Waals surface area contributed by atoms with Crippen molar-refractivity contribution in [1.82, 2.24) is 5.32 Å². The second kappa shape index (κ2) is 4.42. The van der Waals surface area contributed by atoms with Crippen LogP contribution in [0.2, 0.25) is 0 Å². The molecule has 0 bridgehead atoms. The summed E-state index contributed by atoms with van der Waals surface area (Å²) in [5, 5.41) is 13.5. The highest BCUT2D eigenvalue weighted by molar-refractivity contribution is 4.97. The van der Waals surface area contributed by atoms with Gasteiger partial charge in [-0.2, -0.15) is 0 Å². The lowest BCUT2D eigenvalue weighted by Crippen LogP contribution is -2.40. The maximum atomic E-state index is 9.95. The van der Waals surface area contributed by atoms with Crippen LogP contribution in [0.25, 0.3) is 0 Å². The molecule has 0 aromatic heterocycles. The summed E-state index contributed by atoms with van der Waals surface area (Å²) < 4.78 is 0. The predicted octanol–water partition coefficient (Wildman–Crippen LogP) is 2.32. The summed E-state index contributed by atoms with van der Waals surface area (Å²) >= 11 is 0. The van der Waals surface area contributed by atoms with Gasteiger partial charge in [0.15, 0.2) is 0 Å². The van der Waals surface area contributed by atoms with Crippen molar-refractivity contribution < 1.29 is 5.11 Å². The molecule has 2 N–H and O–H groups in total. The van der Waals surface area contributed by atoms with Gasteiger partial charge in [-0.1, -0.05) is 33.1 Å². The zero-order chi connectivity index (χ0) is 10.9. The first-order chi connectivity index (χ1) is 7.09. The first kappa shape index (κ1) is 11.4. The highest BCUT2D eigenvalue weighted by Gasteiger charge is 2.45. The number of hydrogen-bond acceptors (Lipinski definition) is 2. The molecule has 3 unspecified atom stereocenters. The molecular weight excluding hydrogens is 186 g/mol. The van der Waals surface area contributed by atoms with Crippen molar-refractivity contribution in [3.63, 3.8) is 0 Å². The van der Waals surface area contributed by atoms with Crippen molar-refractivity contribution >= 4 is 0 Å². The monoisotopic (exact) mass is 211 g/mol. The molecule has 2 aliphatic carbocycles. The highest BCUT2D eigenvalue weighted by atomic mass is 16.3. The van der Waals surface area contributed by atoms with E-state index in [4.69, 9.17) is 0 Å². The van der Waals surface area contributed by atoms with Crippen LogP contribution in [0, 0.1) is 11.3 Å². The average Bonchev–Trinajstić information content (AvgIpc) is 2.82. The maximum Gasteiger partial charge on any atom is 0.0693 e. The van der Waals surface area contributed by atoms with Gasteiger partial charge in [0.25, 0.3) is 0 Å². The Labute approximate surface area is 93.5 Å². The molecule has 88 valence electrons. The lowest BCUT2D eigenvalue weighted by Gasteiger charge is -2.22. The van der Waals surface area contributed by atoms with Gasteiger partial charge in [0.1, 0.15) is 0 Å². The fourth-order valence-corrected chi connectivity index (χ4v) is 2.74. The zero-order valence-corrected chi connectivity index (χ0v) is 10.1. The van der Waals surface area contributed by atoms with Crippen LogP contribution in [-0.4, -0.2) is 23.8 Å². The molecule has 2 heteroatoms. The van der Waals surface area contributed by atoms with Gasteiger partial charge < -0.3 is 10.4 Å². The van der Waals surface area contributed by atoms with Crippen molar-refractivity contribution in [2.75, 3.05) is 6.54 Å². The van der Waals surface area contributed by atoms with E-state index < -0.39 is 0 Å².